The summed E-state index contributed by atoms with van der Waals surface area (Å²) < 4.78 is 5.45. The van der Waals surface area contributed by atoms with Crippen molar-refractivity contribution in [3.8, 4) is 5.75 Å². The van der Waals surface area contributed by atoms with Crippen molar-refractivity contribution in [2.75, 3.05) is 18.5 Å². The minimum Gasteiger partial charge on any atom is -0.489 e. The third-order valence-corrected chi connectivity index (χ3v) is 3.47. The van der Waals surface area contributed by atoms with E-state index in [1.165, 1.54) is 6.33 Å². The average molecular weight is 328 g/mol. The Kier molecular flexibility index (Phi) is 5.61. The highest BCUT2D eigenvalue weighted by molar-refractivity contribution is 6.42. The van der Waals surface area contributed by atoms with E-state index >= 15 is 0 Å². The van der Waals surface area contributed by atoms with Gasteiger partial charge in [-0.3, -0.25) is 0 Å². The van der Waals surface area contributed by atoms with Crippen LogP contribution in [-0.2, 0) is 0 Å². The van der Waals surface area contributed by atoms with Crippen LogP contribution in [0.2, 0.25) is 10.0 Å². The number of aromatic nitrogens is 2. The van der Waals surface area contributed by atoms with Crippen molar-refractivity contribution >= 4 is 29.0 Å². The molecule has 1 heterocycles. The maximum atomic E-state index is 9.89. The van der Waals surface area contributed by atoms with Crippen molar-refractivity contribution in [3.05, 3.63) is 46.3 Å². The molecule has 2 aromatic rings. The van der Waals surface area contributed by atoms with E-state index in [0.717, 1.165) is 5.69 Å². The highest BCUT2D eigenvalue weighted by Gasteiger charge is 2.09. The molecule has 0 radical (unpaired) electrons. The molecule has 0 aliphatic carbocycles. The number of rotatable bonds is 6. The van der Waals surface area contributed by atoms with Crippen LogP contribution < -0.4 is 10.1 Å². The van der Waals surface area contributed by atoms with Gasteiger partial charge in [0.05, 0.1) is 5.02 Å². The van der Waals surface area contributed by atoms with Gasteiger partial charge in [-0.1, -0.05) is 29.3 Å². The molecule has 0 aliphatic rings. The summed E-state index contributed by atoms with van der Waals surface area (Å²) in [4.78, 5) is 8.04. The lowest BCUT2D eigenvalue weighted by atomic mass is 10.3. The predicted octanol–water partition coefficient (Wildman–Crippen LogP) is 2.94. The fourth-order valence-corrected chi connectivity index (χ4v) is 1.96. The SMILES string of the molecule is Cc1cc(NCC(O)COc2cccc(Cl)c2Cl)ncn1. The maximum absolute atomic E-state index is 9.89. The lowest BCUT2D eigenvalue weighted by Crippen LogP contribution is -2.26. The Hall–Kier alpha value is -1.56. The molecule has 0 amide bonds. The normalized spacial score (nSPS) is 12.0. The second-order valence-corrected chi connectivity index (χ2v) is 5.23. The number of nitrogens with zero attached hydrogens (tertiary/aromatic N) is 2. The molecule has 0 saturated carbocycles. The summed E-state index contributed by atoms with van der Waals surface area (Å²) in [6.45, 7) is 2.26. The lowest BCUT2D eigenvalue weighted by molar-refractivity contribution is 0.117. The van der Waals surface area contributed by atoms with E-state index < -0.39 is 6.10 Å². The molecule has 7 heteroatoms. The molecule has 2 N–H and O–H groups in total. The first-order valence-electron chi connectivity index (χ1n) is 6.33. The van der Waals surface area contributed by atoms with Crippen molar-refractivity contribution in [1.29, 1.82) is 0 Å². The summed E-state index contributed by atoms with van der Waals surface area (Å²) in [6.07, 6.45) is 0.752. The van der Waals surface area contributed by atoms with Crippen LogP contribution in [0.4, 0.5) is 5.82 Å². The molecule has 112 valence electrons. The van der Waals surface area contributed by atoms with Gasteiger partial charge in [0.25, 0.3) is 0 Å². The summed E-state index contributed by atoms with van der Waals surface area (Å²) in [5.41, 5.74) is 0.851. The van der Waals surface area contributed by atoms with E-state index in [9.17, 15) is 5.11 Å². The van der Waals surface area contributed by atoms with Crippen molar-refractivity contribution in [2.24, 2.45) is 0 Å². The third kappa shape index (κ3) is 4.74. The number of nitrogens with one attached hydrogen (secondary N) is 1. The van der Waals surface area contributed by atoms with Crippen molar-refractivity contribution < 1.29 is 9.84 Å². The second-order valence-electron chi connectivity index (χ2n) is 4.44. The van der Waals surface area contributed by atoms with Crippen molar-refractivity contribution in [1.82, 2.24) is 9.97 Å². The minimum absolute atomic E-state index is 0.0944. The number of aliphatic hydroxyl groups is 1. The Balaban J connectivity index is 1.82. The van der Waals surface area contributed by atoms with Gasteiger partial charge in [0.15, 0.2) is 0 Å². The van der Waals surface area contributed by atoms with E-state index in [1.807, 2.05) is 6.92 Å². The topological polar surface area (TPSA) is 67.3 Å². The Morgan fingerprint density at radius 2 is 2.14 bits per heavy atom. The standard InChI is InChI=1S/C14H15Cl2N3O2/c1-9-5-13(19-8-18-9)17-6-10(20)7-21-12-4-2-3-11(15)14(12)16/h2-5,8,10,20H,6-7H2,1H3,(H,17,18,19). The molecule has 2 rings (SSSR count). The minimum atomic E-state index is -0.713. The van der Waals surface area contributed by atoms with Gasteiger partial charge in [-0.2, -0.15) is 0 Å². The Morgan fingerprint density at radius 1 is 1.33 bits per heavy atom. The number of hydrogen-bond acceptors (Lipinski definition) is 5. The van der Waals surface area contributed by atoms with Crippen molar-refractivity contribution in [2.45, 2.75) is 13.0 Å². The Bertz CT molecular complexity index is 611. The molecule has 0 saturated heterocycles. The molecule has 1 unspecified atom stereocenters. The fraction of sp³-hybridized carbons (Fsp3) is 0.286. The number of benzene rings is 1. The molecule has 1 aromatic carbocycles. The summed E-state index contributed by atoms with van der Waals surface area (Å²) in [6, 6.07) is 6.90. The Labute approximate surface area is 132 Å². The number of hydrogen-bond donors (Lipinski definition) is 2. The highest BCUT2D eigenvalue weighted by Crippen LogP contribution is 2.31. The van der Waals surface area contributed by atoms with Gasteiger partial charge in [0.1, 0.15) is 35.6 Å². The van der Waals surface area contributed by atoms with Crippen molar-refractivity contribution in [3.63, 3.8) is 0 Å². The second kappa shape index (κ2) is 7.45. The summed E-state index contributed by atoms with van der Waals surface area (Å²) in [5, 5.41) is 13.7. The van der Waals surface area contributed by atoms with E-state index in [1.54, 1.807) is 24.3 Å². The zero-order valence-corrected chi connectivity index (χ0v) is 12.9. The monoisotopic (exact) mass is 327 g/mol. The molecule has 5 nitrogen and oxygen atoms in total. The highest BCUT2D eigenvalue weighted by atomic mass is 35.5. The van der Waals surface area contributed by atoms with Crippen LogP contribution in [0.15, 0.2) is 30.6 Å². The van der Waals surface area contributed by atoms with Crippen LogP contribution in [0.1, 0.15) is 5.69 Å². The first kappa shape index (κ1) is 15.8. The van der Waals surface area contributed by atoms with Crippen LogP contribution in [0.25, 0.3) is 0 Å². The van der Waals surface area contributed by atoms with E-state index in [0.29, 0.717) is 28.2 Å². The van der Waals surface area contributed by atoms with Gasteiger partial charge in [0.2, 0.25) is 0 Å². The smallest absolute Gasteiger partial charge is 0.139 e. The van der Waals surface area contributed by atoms with Crippen LogP contribution in [-0.4, -0.2) is 34.3 Å². The van der Waals surface area contributed by atoms with Gasteiger partial charge in [0, 0.05) is 18.3 Å². The molecular weight excluding hydrogens is 313 g/mol. The van der Waals surface area contributed by atoms with Gasteiger partial charge >= 0.3 is 0 Å². The molecule has 0 aliphatic heterocycles. The first-order valence-corrected chi connectivity index (χ1v) is 7.09. The van der Waals surface area contributed by atoms with Crippen LogP contribution >= 0.6 is 23.2 Å². The maximum Gasteiger partial charge on any atom is 0.139 e. The number of aryl methyl sites for hydroxylation is 1. The number of anilines is 1. The molecule has 1 aromatic heterocycles. The molecule has 0 bridgehead atoms. The zero-order chi connectivity index (χ0) is 15.2. The van der Waals surface area contributed by atoms with Gasteiger partial charge in [-0.05, 0) is 19.1 Å². The van der Waals surface area contributed by atoms with Crippen LogP contribution in [0.5, 0.6) is 5.75 Å². The average Bonchev–Trinajstić information content (AvgIpc) is 2.47. The molecule has 0 fully saturated rings. The van der Waals surface area contributed by atoms with Gasteiger partial charge in [-0.25, -0.2) is 9.97 Å². The first-order chi connectivity index (χ1) is 10.1. The van der Waals surface area contributed by atoms with Gasteiger partial charge in [-0.15, -0.1) is 0 Å². The summed E-state index contributed by atoms with van der Waals surface area (Å²) >= 11 is 11.9. The fourth-order valence-electron chi connectivity index (χ4n) is 1.61. The number of halogens is 2. The summed E-state index contributed by atoms with van der Waals surface area (Å²) in [5.74, 6) is 1.10. The van der Waals surface area contributed by atoms with Gasteiger partial charge < -0.3 is 15.2 Å². The van der Waals surface area contributed by atoms with E-state index in [-0.39, 0.29) is 6.61 Å². The molecular formula is C14H15Cl2N3O2. The largest absolute Gasteiger partial charge is 0.489 e. The number of aliphatic hydroxyl groups excluding tert-OH is 1. The number of ether oxygens (including phenoxy) is 1. The molecule has 0 spiro atoms. The van der Waals surface area contributed by atoms with Crippen LogP contribution in [0.3, 0.4) is 0 Å². The third-order valence-electron chi connectivity index (χ3n) is 2.67. The Morgan fingerprint density at radius 3 is 2.90 bits per heavy atom. The molecule has 21 heavy (non-hydrogen) atoms. The molecule has 1 atom stereocenters. The predicted molar refractivity (Wildman–Crippen MR) is 83.2 cm³/mol. The lowest BCUT2D eigenvalue weighted by Gasteiger charge is -2.14. The van der Waals surface area contributed by atoms with E-state index in [2.05, 4.69) is 15.3 Å². The van der Waals surface area contributed by atoms with Crippen LogP contribution in [0, 0.1) is 6.92 Å². The summed E-state index contributed by atoms with van der Waals surface area (Å²) in [7, 11) is 0. The van der Waals surface area contributed by atoms with E-state index in [4.69, 9.17) is 27.9 Å². The zero-order valence-electron chi connectivity index (χ0n) is 11.4. The quantitative estimate of drug-likeness (QED) is 0.853.